The number of hydrogen-bond acceptors (Lipinski definition) is 5. The van der Waals surface area contributed by atoms with E-state index >= 15 is 0 Å². The summed E-state index contributed by atoms with van der Waals surface area (Å²) in [5.74, 6) is 0.975. The summed E-state index contributed by atoms with van der Waals surface area (Å²) >= 11 is 1.63. The second-order valence-corrected chi connectivity index (χ2v) is 5.41. The molecule has 0 radical (unpaired) electrons. The number of benzene rings is 1. The van der Waals surface area contributed by atoms with Crippen molar-refractivity contribution in [2.24, 2.45) is 0 Å². The van der Waals surface area contributed by atoms with E-state index in [0.717, 1.165) is 36.0 Å². The van der Waals surface area contributed by atoms with E-state index in [1.165, 1.54) is 5.56 Å². The first-order valence-corrected chi connectivity index (χ1v) is 7.90. The topological polar surface area (TPSA) is 55.0 Å². The van der Waals surface area contributed by atoms with Crippen molar-refractivity contribution in [3.8, 4) is 0 Å². The molecule has 0 atom stereocenters. The van der Waals surface area contributed by atoms with Gasteiger partial charge in [0.2, 0.25) is 0 Å². The molecule has 0 saturated carbocycles. The zero-order chi connectivity index (χ0) is 14.4. The number of rotatable bonds is 6. The minimum absolute atomic E-state index is 0.794. The van der Waals surface area contributed by atoms with Gasteiger partial charge >= 0.3 is 0 Å². The Bertz CT molecular complexity index is 542. The third-order valence-corrected chi connectivity index (χ3v) is 3.65. The van der Waals surface area contributed by atoms with Gasteiger partial charge in [-0.25, -0.2) is 9.97 Å². The highest BCUT2D eigenvalue weighted by molar-refractivity contribution is 7.98. The first-order chi connectivity index (χ1) is 9.72. The van der Waals surface area contributed by atoms with E-state index in [1.807, 2.05) is 24.5 Å². The Morgan fingerprint density at radius 1 is 1.20 bits per heavy atom. The maximum Gasteiger partial charge on any atom is 0.133 e. The average Bonchev–Trinajstić information content (AvgIpc) is 2.49. The smallest absolute Gasteiger partial charge is 0.133 e. The minimum atomic E-state index is 0.794. The summed E-state index contributed by atoms with van der Waals surface area (Å²) in [6.45, 7) is 3.97. The normalized spacial score (nSPS) is 10.5. The Hall–Kier alpha value is -1.75. The van der Waals surface area contributed by atoms with Crippen molar-refractivity contribution in [3.63, 3.8) is 0 Å². The molecule has 0 bridgehead atoms. The van der Waals surface area contributed by atoms with Crippen molar-refractivity contribution < 1.29 is 0 Å². The van der Waals surface area contributed by atoms with E-state index in [-0.39, 0.29) is 0 Å². The Kier molecular flexibility index (Phi) is 5.24. The van der Waals surface area contributed by atoms with Gasteiger partial charge in [0.25, 0.3) is 0 Å². The molecule has 20 heavy (non-hydrogen) atoms. The monoisotopic (exact) mass is 288 g/mol. The van der Waals surface area contributed by atoms with Crippen LogP contribution in [0.4, 0.5) is 11.5 Å². The Balaban J connectivity index is 2.19. The van der Waals surface area contributed by atoms with Crippen molar-refractivity contribution >= 4 is 23.3 Å². The van der Waals surface area contributed by atoms with Crippen LogP contribution in [0.15, 0.2) is 41.7 Å². The van der Waals surface area contributed by atoms with Crippen LogP contribution in [-0.2, 0) is 6.54 Å². The molecule has 0 unspecified atom stereocenters. The molecule has 2 aromatic rings. The molecule has 0 spiro atoms. The molecule has 1 aromatic heterocycles. The van der Waals surface area contributed by atoms with Crippen molar-refractivity contribution in [1.29, 1.82) is 0 Å². The van der Waals surface area contributed by atoms with E-state index < -0.39 is 0 Å². The van der Waals surface area contributed by atoms with Crippen molar-refractivity contribution in [1.82, 2.24) is 9.97 Å². The van der Waals surface area contributed by atoms with Gasteiger partial charge in [0, 0.05) is 24.8 Å². The predicted octanol–water partition coefficient (Wildman–Crippen LogP) is 3.20. The third kappa shape index (κ3) is 3.87. The van der Waals surface area contributed by atoms with Crippen LogP contribution >= 0.6 is 11.8 Å². The highest BCUT2D eigenvalue weighted by atomic mass is 32.2. The van der Waals surface area contributed by atoms with Gasteiger partial charge in [-0.15, -0.1) is 11.8 Å². The summed E-state index contributed by atoms with van der Waals surface area (Å²) in [6, 6.07) is 10.0. The molecule has 1 heterocycles. The largest absolute Gasteiger partial charge is 0.399 e. The average molecular weight is 288 g/mol. The molecule has 0 fully saturated rings. The number of anilines is 2. The number of thioether (sulfide) groups is 1. The molecule has 106 valence electrons. The third-order valence-electron chi connectivity index (χ3n) is 3.01. The van der Waals surface area contributed by atoms with Crippen molar-refractivity contribution in [3.05, 3.63) is 42.2 Å². The summed E-state index contributed by atoms with van der Waals surface area (Å²) in [5.41, 5.74) is 7.76. The molecule has 4 nitrogen and oxygen atoms in total. The summed E-state index contributed by atoms with van der Waals surface area (Å²) < 4.78 is 0. The molecule has 2 rings (SSSR count). The van der Waals surface area contributed by atoms with Crippen LogP contribution in [0.5, 0.6) is 0 Å². The van der Waals surface area contributed by atoms with E-state index in [0.29, 0.717) is 0 Å². The van der Waals surface area contributed by atoms with Gasteiger partial charge in [-0.1, -0.05) is 19.1 Å². The fourth-order valence-electron chi connectivity index (χ4n) is 2.00. The Morgan fingerprint density at radius 3 is 2.60 bits per heavy atom. The van der Waals surface area contributed by atoms with Gasteiger partial charge in [-0.05, 0) is 30.4 Å². The summed E-state index contributed by atoms with van der Waals surface area (Å²) in [6.07, 6.45) is 4.73. The lowest BCUT2D eigenvalue weighted by Gasteiger charge is -2.23. The maximum atomic E-state index is 5.73. The summed E-state index contributed by atoms with van der Waals surface area (Å²) in [5, 5.41) is 0.994. The molecule has 0 aliphatic heterocycles. The first-order valence-electron chi connectivity index (χ1n) is 6.68. The molecule has 0 aliphatic carbocycles. The second kappa shape index (κ2) is 7.14. The molecule has 0 aliphatic rings. The van der Waals surface area contributed by atoms with Gasteiger partial charge in [-0.2, -0.15) is 0 Å². The molecule has 0 saturated heterocycles. The molecular formula is C15H20N4S. The molecule has 2 N–H and O–H groups in total. The fraction of sp³-hybridized carbons (Fsp3) is 0.333. The second-order valence-electron chi connectivity index (χ2n) is 4.58. The number of hydrogen-bond donors (Lipinski definition) is 1. The zero-order valence-electron chi connectivity index (χ0n) is 11.9. The SMILES string of the molecule is CCCN(Cc1ccc(N)cc1)c1cc(SC)ncn1. The van der Waals surface area contributed by atoms with Crippen LogP contribution in [0, 0.1) is 0 Å². The van der Waals surface area contributed by atoms with Crippen LogP contribution in [0.2, 0.25) is 0 Å². The lowest BCUT2D eigenvalue weighted by molar-refractivity contribution is 0.749. The highest BCUT2D eigenvalue weighted by Gasteiger charge is 2.09. The van der Waals surface area contributed by atoms with Crippen LogP contribution in [0.3, 0.4) is 0 Å². The van der Waals surface area contributed by atoms with Gasteiger partial charge < -0.3 is 10.6 Å². The van der Waals surface area contributed by atoms with E-state index in [1.54, 1.807) is 18.1 Å². The standard InChI is InChI=1S/C15H20N4S/c1-3-8-19(10-12-4-6-13(16)7-5-12)14-9-15(20-2)18-11-17-14/h4-7,9,11H,3,8,10,16H2,1-2H3. The van der Waals surface area contributed by atoms with Crippen LogP contribution in [0.25, 0.3) is 0 Å². The molecule has 5 heteroatoms. The predicted molar refractivity (Wildman–Crippen MR) is 86.0 cm³/mol. The van der Waals surface area contributed by atoms with Gasteiger partial charge in [0.1, 0.15) is 17.2 Å². The summed E-state index contributed by atoms with van der Waals surface area (Å²) in [7, 11) is 0. The van der Waals surface area contributed by atoms with E-state index in [9.17, 15) is 0 Å². The van der Waals surface area contributed by atoms with E-state index in [2.05, 4.69) is 33.9 Å². The quantitative estimate of drug-likeness (QED) is 0.502. The minimum Gasteiger partial charge on any atom is -0.399 e. The van der Waals surface area contributed by atoms with Crippen molar-refractivity contribution in [2.75, 3.05) is 23.4 Å². The number of nitrogens with zero attached hydrogens (tertiary/aromatic N) is 3. The van der Waals surface area contributed by atoms with Gasteiger partial charge in [-0.3, -0.25) is 0 Å². The van der Waals surface area contributed by atoms with Crippen LogP contribution < -0.4 is 10.6 Å². The highest BCUT2D eigenvalue weighted by Crippen LogP contribution is 2.20. The van der Waals surface area contributed by atoms with Crippen LogP contribution in [-0.4, -0.2) is 22.8 Å². The number of nitrogen functional groups attached to an aromatic ring is 1. The van der Waals surface area contributed by atoms with Gasteiger partial charge in [0.05, 0.1) is 0 Å². The molecule has 1 aromatic carbocycles. The maximum absolute atomic E-state index is 5.73. The lowest BCUT2D eigenvalue weighted by atomic mass is 10.2. The fourth-order valence-corrected chi connectivity index (χ4v) is 2.38. The first kappa shape index (κ1) is 14.7. The Labute approximate surface area is 124 Å². The lowest BCUT2D eigenvalue weighted by Crippen LogP contribution is -2.24. The summed E-state index contributed by atoms with van der Waals surface area (Å²) in [4.78, 5) is 10.9. The molecular weight excluding hydrogens is 268 g/mol. The zero-order valence-corrected chi connectivity index (χ0v) is 12.7. The van der Waals surface area contributed by atoms with Crippen molar-refractivity contribution in [2.45, 2.75) is 24.9 Å². The van der Waals surface area contributed by atoms with Gasteiger partial charge in [0.15, 0.2) is 0 Å². The number of aromatic nitrogens is 2. The number of nitrogens with two attached hydrogens (primary N) is 1. The van der Waals surface area contributed by atoms with E-state index in [4.69, 9.17) is 5.73 Å². The van der Waals surface area contributed by atoms with Crippen LogP contribution in [0.1, 0.15) is 18.9 Å². The molecule has 0 amide bonds. The Morgan fingerprint density at radius 2 is 1.95 bits per heavy atom.